The zero-order valence-corrected chi connectivity index (χ0v) is 17.8. The molecule has 160 valence electrons. The molecule has 1 N–H and O–H groups in total. The minimum Gasteiger partial charge on any atom is -0.342 e. The van der Waals surface area contributed by atoms with Crippen LogP contribution in [0.25, 0.3) is 10.9 Å². The van der Waals surface area contributed by atoms with Crippen LogP contribution in [0.1, 0.15) is 36.6 Å². The zero-order valence-electron chi connectivity index (χ0n) is 17.8. The number of benzene rings is 1. The van der Waals surface area contributed by atoms with Gasteiger partial charge < -0.3 is 9.80 Å². The molecule has 0 saturated carbocycles. The third-order valence-electron chi connectivity index (χ3n) is 6.42. The van der Waals surface area contributed by atoms with E-state index in [-0.39, 0.29) is 17.9 Å². The van der Waals surface area contributed by atoms with Crippen molar-refractivity contribution >= 4 is 22.8 Å². The molecular weight excluding hydrogens is 390 g/mol. The van der Waals surface area contributed by atoms with Gasteiger partial charge in [0.1, 0.15) is 0 Å². The van der Waals surface area contributed by atoms with E-state index in [0.29, 0.717) is 36.9 Å². The number of rotatable bonds is 3. The van der Waals surface area contributed by atoms with Crippen molar-refractivity contribution in [1.29, 1.82) is 0 Å². The summed E-state index contributed by atoms with van der Waals surface area (Å²) >= 11 is 0. The molecule has 7 nitrogen and oxygen atoms in total. The largest absolute Gasteiger partial charge is 0.342 e. The predicted molar refractivity (Wildman–Crippen MR) is 120 cm³/mol. The highest BCUT2D eigenvalue weighted by molar-refractivity contribution is 5.87. The number of piperidine rings is 1. The summed E-state index contributed by atoms with van der Waals surface area (Å²) in [5.41, 5.74) is 3.09. The fourth-order valence-electron chi connectivity index (χ4n) is 4.74. The van der Waals surface area contributed by atoms with Gasteiger partial charge in [-0.2, -0.15) is 0 Å². The lowest BCUT2D eigenvalue weighted by Gasteiger charge is -2.33. The Bertz CT molecular complexity index is 1180. The topological polar surface area (TPSA) is 82.2 Å². The summed E-state index contributed by atoms with van der Waals surface area (Å²) in [4.78, 5) is 42.0. The number of aromatic amines is 1. The number of hydrogen-bond donors (Lipinski definition) is 1. The lowest BCUT2D eigenvalue weighted by molar-refractivity contribution is -0.131. The highest BCUT2D eigenvalue weighted by Gasteiger charge is 2.27. The molecule has 0 aliphatic carbocycles. The fourth-order valence-corrected chi connectivity index (χ4v) is 4.74. The van der Waals surface area contributed by atoms with E-state index >= 15 is 0 Å². The molecule has 0 bridgehead atoms. The molecule has 2 aliphatic rings. The number of H-pyrrole nitrogens is 1. The first-order chi connectivity index (χ1) is 15.1. The molecule has 1 amide bonds. The molecule has 4 heterocycles. The van der Waals surface area contributed by atoms with Gasteiger partial charge in [-0.15, -0.1) is 0 Å². The van der Waals surface area contributed by atoms with E-state index in [9.17, 15) is 9.59 Å². The van der Waals surface area contributed by atoms with E-state index < -0.39 is 0 Å². The summed E-state index contributed by atoms with van der Waals surface area (Å²) < 4.78 is 0. The van der Waals surface area contributed by atoms with E-state index in [1.165, 1.54) is 6.42 Å². The second kappa shape index (κ2) is 8.13. The quantitative estimate of drug-likeness (QED) is 0.709. The van der Waals surface area contributed by atoms with Crippen LogP contribution in [0, 0.1) is 5.92 Å². The van der Waals surface area contributed by atoms with Crippen molar-refractivity contribution in [2.45, 2.75) is 39.2 Å². The molecule has 0 radical (unpaired) electrons. The molecule has 7 heteroatoms. The SMILES string of the molecule is C[C@@H]1CCCN(c2nc3c(c(=O)[nH]2)CN(C(=O)Cc2cccc4cccnc24)CC3)C1. The highest BCUT2D eigenvalue weighted by atomic mass is 16.2. The summed E-state index contributed by atoms with van der Waals surface area (Å²) in [6, 6.07) is 9.80. The van der Waals surface area contributed by atoms with Gasteiger partial charge in [0.25, 0.3) is 5.56 Å². The van der Waals surface area contributed by atoms with Crippen molar-refractivity contribution in [2.24, 2.45) is 5.92 Å². The van der Waals surface area contributed by atoms with E-state index in [2.05, 4.69) is 21.8 Å². The Morgan fingerprint density at radius 2 is 2.10 bits per heavy atom. The summed E-state index contributed by atoms with van der Waals surface area (Å²) in [6.45, 7) is 4.97. The van der Waals surface area contributed by atoms with E-state index in [1.807, 2.05) is 30.3 Å². The number of fused-ring (bicyclic) bond motifs is 2. The number of hydrogen-bond acceptors (Lipinski definition) is 5. The Kier molecular flexibility index (Phi) is 5.18. The minimum atomic E-state index is -0.123. The van der Waals surface area contributed by atoms with Crippen LogP contribution >= 0.6 is 0 Å². The molecule has 1 atom stereocenters. The van der Waals surface area contributed by atoms with Gasteiger partial charge in [0.05, 0.1) is 29.7 Å². The number of nitrogens with zero attached hydrogens (tertiary/aromatic N) is 4. The third kappa shape index (κ3) is 3.92. The number of para-hydroxylation sites is 1. The average Bonchev–Trinajstić information content (AvgIpc) is 2.79. The van der Waals surface area contributed by atoms with Crippen LogP contribution in [-0.4, -0.2) is 45.4 Å². The number of carbonyl (C=O) groups excluding carboxylic acids is 1. The van der Waals surface area contributed by atoms with E-state index in [4.69, 9.17) is 4.98 Å². The number of pyridine rings is 1. The van der Waals surface area contributed by atoms with Gasteiger partial charge in [-0.1, -0.05) is 31.2 Å². The number of amides is 1. The van der Waals surface area contributed by atoms with E-state index in [1.54, 1.807) is 11.1 Å². The molecule has 5 rings (SSSR count). The number of nitrogens with one attached hydrogen (secondary N) is 1. The Balaban J connectivity index is 1.34. The maximum Gasteiger partial charge on any atom is 0.257 e. The van der Waals surface area contributed by atoms with Crippen molar-refractivity contribution in [3.05, 3.63) is 63.7 Å². The van der Waals surface area contributed by atoms with Gasteiger partial charge in [-0.05, 0) is 30.4 Å². The Morgan fingerprint density at radius 3 is 2.97 bits per heavy atom. The van der Waals surface area contributed by atoms with Crippen LogP contribution in [-0.2, 0) is 24.2 Å². The van der Waals surface area contributed by atoms with Crippen LogP contribution in [0.15, 0.2) is 41.3 Å². The summed E-state index contributed by atoms with van der Waals surface area (Å²) in [7, 11) is 0. The third-order valence-corrected chi connectivity index (χ3v) is 6.42. The maximum atomic E-state index is 13.0. The zero-order chi connectivity index (χ0) is 21.4. The maximum absolute atomic E-state index is 13.0. The minimum absolute atomic E-state index is 0.0112. The first-order valence-electron chi connectivity index (χ1n) is 11.1. The molecule has 0 unspecified atom stereocenters. The summed E-state index contributed by atoms with van der Waals surface area (Å²) in [5.74, 6) is 1.29. The van der Waals surface area contributed by atoms with Crippen LogP contribution in [0.4, 0.5) is 5.95 Å². The Hall–Kier alpha value is -3.22. The lowest BCUT2D eigenvalue weighted by atomic mass is 10.0. The molecule has 31 heavy (non-hydrogen) atoms. The van der Waals surface area contributed by atoms with Gasteiger partial charge in [0.15, 0.2) is 0 Å². The average molecular weight is 418 g/mol. The summed E-state index contributed by atoms with van der Waals surface area (Å²) in [6.07, 6.45) is 4.97. The Morgan fingerprint density at radius 1 is 1.23 bits per heavy atom. The van der Waals surface area contributed by atoms with Gasteiger partial charge in [-0.25, -0.2) is 4.98 Å². The van der Waals surface area contributed by atoms with Crippen molar-refractivity contribution in [2.75, 3.05) is 24.5 Å². The fraction of sp³-hybridized carbons (Fsp3) is 0.417. The normalized spacial score (nSPS) is 18.8. The number of aromatic nitrogens is 3. The smallest absolute Gasteiger partial charge is 0.257 e. The van der Waals surface area contributed by atoms with E-state index in [0.717, 1.165) is 41.7 Å². The second-order valence-corrected chi connectivity index (χ2v) is 8.74. The van der Waals surface area contributed by atoms with Crippen LogP contribution in [0.3, 0.4) is 0 Å². The lowest BCUT2D eigenvalue weighted by Crippen LogP contribution is -2.42. The molecular formula is C24H27N5O2. The highest BCUT2D eigenvalue weighted by Crippen LogP contribution is 2.23. The van der Waals surface area contributed by atoms with Gasteiger partial charge >= 0.3 is 0 Å². The molecule has 1 saturated heterocycles. The first-order valence-corrected chi connectivity index (χ1v) is 11.1. The van der Waals surface area contributed by atoms with Gasteiger partial charge in [0.2, 0.25) is 11.9 Å². The molecule has 2 aliphatic heterocycles. The van der Waals surface area contributed by atoms with Gasteiger partial charge in [-0.3, -0.25) is 19.6 Å². The molecule has 2 aromatic heterocycles. The monoisotopic (exact) mass is 417 g/mol. The van der Waals surface area contributed by atoms with Crippen molar-refractivity contribution in [3.8, 4) is 0 Å². The molecule has 3 aromatic rings. The Labute approximate surface area is 181 Å². The van der Waals surface area contributed by atoms with Crippen LogP contribution < -0.4 is 10.5 Å². The molecule has 0 spiro atoms. The van der Waals surface area contributed by atoms with Crippen molar-refractivity contribution in [1.82, 2.24) is 19.9 Å². The summed E-state index contributed by atoms with van der Waals surface area (Å²) in [5, 5.41) is 1.02. The number of carbonyl (C=O) groups is 1. The first kappa shape index (κ1) is 19.7. The standard InChI is InChI=1S/C24H27N5O2/c1-16-5-4-11-29(14-16)24-26-20-9-12-28(15-19(20)23(31)27-24)21(30)13-18-7-2-6-17-8-3-10-25-22(17)18/h2-3,6-8,10,16H,4-5,9,11-15H2,1H3,(H,26,27,31)/t16-/m1/s1. The number of anilines is 1. The predicted octanol–water partition coefficient (Wildman–Crippen LogP) is 2.68. The van der Waals surface area contributed by atoms with Crippen LogP contribution in [0.5, 0.6) is 0 Å². The molecule has 1 aromatic carbocycles. The van der Waals surface area contributed by atoms with Gasteiger partial charge in [0, 0.05) is 37.6 Å². The van der Waals surface area contributed by atoms with Crippen LogP contribution in [0.2, 0.25) is 0 Å². The van der Waals surface area contributed by atoms with Crippen molar-refractivity contribution < 1.29 is 4.79 Å². The molecule has 1 fully saturated rings. The second-order valence-electron chi connectivity index (χ2n) is 8.74. The van der Waals surface area contributed by atoms with Crippen molar-refractivity contribution in [3.63, 3.8) is 0 Å².